The van der Waals surface area contributed by atoms with Crippen LogP contribution in [-0.4, -0.2) is 5.78 Å². The highest BCUT2D eigenvalue weighted by Gasteiger charge is 2.54. The molecule has 0 heterocycles. The Bertz CT molecular complexity index is 650. The fraction of sp³-hybridized carbons (Fsp3) is 0.550. The number of hydrogen-bond donors (Lipinski definition) is 0. The van der Waals surface area contributed by atoms with E-state index < -0.39 is 0 Å². The SMILES string of the molecule is C#Cc1ccc2c(c1)CC[C@@H]1[C@H]2CC[C@@]2(C)C(=O)CC[C@@H]12. The van der Waals surface area contributed by atoms with Gasteiger partial charge in [-0.1, -0.05) is 18.9 Å². The number of ketones is 1. The Kier molecular flexibility index (Phi) is 2.80. The number of rotatable bonds is 0. The summed E-state index contributed by atoms with van der Waals surface area (Å²) in [6.07, 6.45) is 12.1. The first-order valence-electron chi connectivity index (χ1n) is 8.26. The van der Waals surface area contributed by atoms with Crippen molar-refractivity contribution < 1.29 is 4.79 Å². The number of benzene rings is 1. The minimum atomic E-state index is -0.0164. The van der Waals surface area contributed by atoms with E-state index in [2.05, 4.69) is 31.0 Å². The van der Waals surface area contributed by atoms with Crippen LogP contribution in [0.25, 0.3) is 0 Å². The molecule has 4 rings (SSSR count). The first-order valence-corrected chi connectivity index (χ1v) is 8.26. The Morgan fingerprint density at radius 2 is 2.10 bits per heavy atom. The largest absolute Gasteiger partial charge is 0.299 e. The minimum absolute atomic E-state index is 0.0164. The zero-order valence-electron chi connectivity index (χ0n) is 12.7. The number of hydrogen-bond acceptors (Lipinski definition) is 1. The quantitative estimate of drug-likeness (QED) is 0.653. The lowest BCUT2D eigenvalue weighted by atomic mass is 9.55. The summed E-state index contributed by atoms with van der Waals surface area (Å²) >= 11 is 0. The molecule has 3 aliphatic rings. The summed E-state index contributed by atoms with van der Waals surface area (Å²) in [5.74, 6) is 5.26. The molecular weight excluding hydrogens is 256 g/mol. The van der Waals surface area contributed by atoms with Crippen LogP contribution in [0.15, 0.2) is 18.2 Å². The minimum Gasteiger partial charge on any atom is -0.299 e. The molecule has 0 aliphatic heterocycles. The van der Waals surface area contributed by atoms with Crippen LogP contribution in [-0.2, 0) is 11.2 Å². The van der Waals surface area contributed by atoms with Crippen molar-refractivity contribution >= 4 is 5.78 Å². The molecule has 1 aromatic carbocycles. The van der Waals surface area contributed by atoms with E-state index in [0.29, 0.717) is 23.5 Å². The molecule has 21 heavy (non-hydrogen) atoms. The smallest absolute Gasteiger partial charge is 0.139 e. The summed E-state index contributed by atoms with van der Waals surface area (Å²) in [5, 5.41) is 0. The van der Waals surface area contributed by atoms with Gasteiger partial charge in [0.15, 0.2) is 0 Å². The fourth-order valence-corrected chi connectivity index (χ4v) is 5.44. The van der Waals surface area contributed by atoms with Crippen molar-refractivity contribution in [3.8, 4) is 12.3 Å². The maximum absolute atomic E-state index is 12.3. The molecule has 0 aromatic heterocycles. The zero-order chi connectivity index (χ0) is 14.6. The summed E-state index contributed by atoms with van der Waals surface area (Å²) in [6, 6.07) is 6.56. The van der Waals surface area contributed by atoms with Gasteiger partial charge in [0.25, 0.3) is 0 Å². The Labute approximate surface area is 127 Å². The Hall–Kier alpha value is -1.55. The van der Waals surface area contributed by atoms with Crippen LogP contribution in [0.5, 0.6) is 0 Å². The highest BCUT2D eigenvalue weighted by molar-refractivity contribution is 5.87. The molecular formula is C20H22O. The summed E-state index contributed by atoms with van der Waals surface area (Å²) in [6.45, 7) is 2.24. The molecule has 2 fully saturated rings. The summed E-state index contributed by atoms with van der Waals surface area (Å²) in [7, 11) is 0. The van der Waals surface area contributed by atoms with Crippen LogP contribution in [0.2, 0.25) is 0 Å². The summed E-state index contributed by atoms with van der Waals surface area (Å²) in [5.41, 5.74) is 3.97. The first-order chi connectivity index (χ1) is 10.1. The standard InChI is InChI=1S/C20H22O/c1-3-13-4-6-15-14(12-13)5-7-17-16(15)10-11-20(2)18(17)8-9-19(20)21/h1,4,6,12,16-18H,5,7-11H2,2H3/t16-,17+,18-,20+/m0/s1. The van der Waals surface area contributed by atoms with E-state index in [1.54, 1.807) is 0 Å². The van der Waals surface area contributed by atoms with Crippen molar-refractivity contribution in [3.05, 3.63) is 34.9 Å². The number of terminal acetylenes is 1. The lowest BCUT2D eigenvalue weighted by molar-refractivity contribution is -0.129. The average molecular weight is 278 g/mol. The molecule has 0 saturated heterocycles. The lowest BCUT2D eigenvalue weighted by Crippen LogP contribution is -2.42. The Balaban J connectivity index is 1.72. The molecule has 0 N–H and O–H groups in total. The van der Waals surface area contributed by atoms with E-state index in [9.17, 15) is 4.79 Å². The van der Waals surface area contributed by atoms with E-state index in [0.717, 1.165) is 31.2 Å². The molecule has 3 aliphatic carbocycles. The van der Waals surface area contributed by atoms with Crippen LogP contribution in [0.4, 0.5) is 0 Å². The highest BCUT2D eigenvalue weighted by Crippen LogP contribution is 2.59. The third kappa shape index (κ3) is 1.75. The van der Waals surface area contributed by atoms with Crippen LogP contribution >= 0.6 is 0 Å². The molecule has 1 heteroatoms. The Morgan fingerprint density at radius 1 is 1.24 bits per heavy atom. The molecule has 4 atom stereocenters. The maximum atomic E-state index is 12.3. The molecule has 1 aromatic rings. The van der Waals surface area contributed by atoms with Gasteiger partial charge in [0.1, 0.15) is 5.78 Å². The molecule has 2 saturated carbocycles. The summed E-state index contributed by atoms with van der Waals surface area (Å²) in [4.78, 5) is 12.3. The molecule has 0 unspecified atom stereocenters. The van der Waals surface area contributed by atoms with Crippen molar-refractivity contribution in [3.63, 3.8) is 0 Å². The average Bonchev–Trinajstić information content (AvgIpc) is 2.82. The molecule has 0 bridgehead atoms. The molecule has 1 nitrogen and oxygen atoms in total. The predicted octanol–water partition coefficient (Wildman–Crippen LogP) is 4.09. The number of carbonyl (C=O) groups is 1. The third-order valence-electron chi connectivity index (χ3n) is 6.60. The second-order valence-electron chi connectivity index (χ2n) is 7.39. The second kappa shape index (κ2) is 4.47. The van der Waals surface area contributed by atoms with Gasteiger partial charge in [-0.3, -0.25) is 4.79 Å². The maximum Gasteiger partial charge on any atom is 0.139 e. The fourth-order valence-electron chi connectivity index (χ4n) is 5.44. The van der Waals surface area contributed by atoms with Crippen molar-refractivity contribution in [2.45, 2.75) is 51.4 Å². The van der Waals surface area contributed by atoms with Gasteiger partial charge in [0, 0.05) is 17.4 Å². The third-order valence-corrected chi connectivity index (χ3v) is 6.60. The van der Waals surface area contributed by atoms with Crippen LogP contribution in [0.1, 0.15) is 61.6 Å². The van der Waals surface area contributed by atoms with Gasteiger partial charge in [-0.15, -0.1) is 6.42 Å². The Morgan fingerprint density at radius 3 is 2.90 bits per heavy atom. The predicted molar refractivity (Wildman–Crippen MR) is 84.0 cm³/mol. The van der Waals surface area contributed by atoms with Crippen molar-refractivity contribution in [1.82, 2.24) is 0 Å². The molecule has 0 radical (unpaired) electrons. The second-order valence-corrected chi connectivity index (χ2v) is 7.39. The topological polar surface area (TPSA) is 17.1 Å². The first kappa shape index (κ1) is 13.1. The van der Waals surface area contributed by atoms with E-state index in [1.165, 1.54) is 24.0 Å². The van der Waals surface area contributed by atoms with Gasteiger partial charge in [0.2, 0.25) is 0 Å². The van der Waals surface area contributed by atoms with E-state index in [-0.39, 0.29) is 5.41 Å². The van der Waals surface area contributed by atoms with Gasteiger partial charge in [-0.05, 0) is 73.1 Å². The molecule has 108 valence electrons. The van der Waals surface area contributed by atoms with E-state index in [1.807, 2.05) is 0 Å². The van der Waals surface area contributed by atoms with E-state index >= 15 is 0 Å². The van der Waals surface area contributed by atoms with Crippen LogP contribution < -0.4 is 0 Å². The van der Waals surface area contributed by atoms with Gasteiger partial charge < -0.3 is 0 Å². The molecule has 0 spiro atoms. The number of fused-ring (bicyclic) bond motifs is 5. The monoisotopic (exact) mass is 278 g/mol. The van der Waals surface area contributed by atoms with Crippen molar-refractivity contribution in [2.24, 2.45) is 17.3 Å². The van der Waals surface area contributed by atoms with Crippen LogP contribution in [0, 0.1) is 29.6 Å². The lowest BCUT2D eigenvalue weighted by Gasteiger charge is -2.48. The van der Waals surface area contributed by atoms with Crippen LogP contribution in [0.3, 0.4) is 0 Å². The van der Waals surface area contributed by atoms with E-state index in [4.69, 9.17) is 6.42 Å². The van der Waals surface area contributed by atoms with Gasteiger partial charge in [0.05, 0.1) is 0 Å². The summed E-state index contributed by atoms with van der Waals surface area (Å²) < 4.78 is 0. The van der Waals surface area contributed by atoms with Gasteiger partial charge in [-0.25, -0.2) is 0 Å². The molecule has 0 amide bonds. The van der Waals surface area contributed by atoms with Gasteiger partial charge in [-0.2, -0.15) is 0 Å². The van der Waals surface area contributed by atoms with Crippen molar-refractivity contribution in [2.75, 3.05) is 0 Å². The number of Topliss-reactive ketones (excluding diaryl/α,β-unsaturated/α-hetero) is 1. The normalized spacial score (nSPS) is 37.3. The van der Waals surface area contributed by atoms with Gasteiger partial charge >= 0.3 is 0 Å². The van der Waals surface area contributed by atoms with Crippen molar-refractivity contribution in [1.29, 1.82) is 0 Å². The zero-order valence-corrected chi connectivity index (χ0v) is 12.7. The highest BCUT2D eigenvalue weighted by atomic mass is 16.1. The number of aryl methyl sites for hydroxylation is 1. The number of carbonyl (C=O) groups excluding carboxylic acids is 1.